The van der Waals surface area contributed by atoms with Crippen molar-refractivity contribution in [2.75, 3.05) is 27.0 Å². The molecular formula is C19H27IN4O4. The number of benzene rings is 1. The maximum Gasteiger partial charge on any atom is 0.231 e. The van der Waals surface area contributed by atoms with Crippen molar-refractivity contribution in [3.8, 4) is 17.2 Å². The van der Waals surface area contributed by atoms with Crippen LogP contribution >= 0.6 is 24.0 Å². The molecule has 8 nitrogen and oxygen atoms in total. The summed E-state index contributed by atoms with van der Waals surface area (Å²) < 4.78 is 21.8. The van der Waals surface area contributed by atoms with Crippen molar-refractivity contribution in [1.82, 2.24) is 15.8 Å². The van der Waals surface area contributed by atoms with Crippen LogP contribution in [0.1, 0.15) is 30.9 Å². The second-order valence-electron chi connectivity index (χ2n) is 5.95. The average molecular weight is 502 g/mol. The van der Waals surface area contributed by atoms with E-state index in [1.165, 1.54) is 0 Å². The predicted molar refractivity (Wildman–Crippen MR) is 117 cm³/mol. The minimum absolute atomic E-state index is 0. The van der Waals surface area contributed by atoms with Crippen LogP contribution in [0.4, 0.5) is 0 Å². The molecule has 1 aliphatic heterocycles. The van der Waals surface area contributed by atoms with Crippen LogP contribution in [0.15, 0.2) is 27.7 Å². The van der Waals surface area contributed by atoms with Gasteiger partial charge in [-0.25, -0.2) is 0 Å². The number of rotatable bonds is 8. The van der Waals surface area contributed by atoms with E-state index in [1.807, 2.05) is 18.2 Å². The van der Waals surface area contributed by atoms with Gasteiger partial charge in [-0.15, -0.1) is 24.0 Å². The van der Waals surface area contributed by atoms with E-state index in [-0.39, 0.29) is 30.8 Å². The monoisotopic (exact) mass is 502 g/mol. The maximum atomic E-state index is 5.74. The summed E-state index contributed by atoms with van der Waals surface area (Å²) in [6.07, 6.45) is 1.66. The molecule has 0 fully saturated rings. The molecule has 0 unspecified atom stereocenters. The smallest absolute Gasteiger partial charge is 0.231 e. The summed E-state index contributed by atoms with van der Waals surface area (Å²) >= 11 is 0. The third kappa shape index (κ3) is 5.43. The Morgan fingerprint density at radius 2 is 2.00 bits per heavy atom. The van der Waals surface area contributed by atoms with E-state index in [0.717, 1.165) is 41.4 Å². The zero-order chi connectivity index (χ0) is 19.1. The van der Waals surface area contributed by atoms with E-state index >= 15 is 0 Å². The standard InChI is InChI=1S/C19H26N4O4.HI/c1-4-15-14(16(5-2)27-23-15)11-22-19(20-3)21-8-9-24-13-6-7-17-18(10-13)26-12-25-17;/h6-7,10H,4-5,8-9,11-12H2,1-3H3,(H2,20,21,22);1H. The maximum absolute atomic E-state index is 5.74. The van der Waals surface area contributed by atoms with Crippen LogP contribution in [-0.2, 0) is 19.4 Å². The van der Waals surface area contributed by atoms with Crippen LogP contribution in [-0.4, -0.2) is 38.1 Å². The third-order valence-corrected chi connectivity index (χ3v) is 4.27. The summed E-state index contributed by atoms with van der Waals surface area (Å²) in [6, 6.07) is 5.55. The molecule has 0 atom stereocenters. The Kier molecular flexibility index (Phi) is 8.68. The van der Waals surface area contributed by atoms with E-state index < -0.39 is 0 Å². The van der Waals surface area contributed by atoms with Gasteiger partial charge in [0.05, 0.1) is 12.2 Å². The second-order valence-corrected chi connectivity index (χ2v) is 5.95. The lowest BCUT2D eigenvalue weighted by Gasteiger charge is -2.13. The summed E-state index contributed by atoms with van der Waals surface area (Å²) in [5.74, 6) is 3.83. The Morgan fingerprint density at radius 1 is 1.18 bits per heavy atom. The first-order valence-electron chi connectivity index (χ1n) is 9.18. The number of aryl methyl sites for hydroxylation is 2. The lowest BCUT2D eigenvalue weighted by molar-refractivity contribution is 0.173. The van der Waals surface area contributed by atoms with Crippen molar-refractivity contribution < 1.29 is 18.7 Å². The molecule has 0 saturated heterocycles. The fourth-order valence-electron chi connectivity index (χ4n) is 2.84. The van der Waals surface area contributed by atoms with Gasteiger partial charge in [-0.05, 0) is 18.6 Å². The van der Waals surface area contributed by atoms with Crippen molar-refractivity contribution in [2.45, 2.75) is 33.2 Å². The molecule has 0 radical (unpaired) electrons. The van der Waals surface area contributed by atoms with Crippen molar-refractivity contribution in [3.63, 3.8) is 0 Å². The highest BCUT2D eigenvalue weighted by Crippen LogP contribution is 2.34. The quantitative estimate of drug-likeness (QED) is 0.248. The number of fused-ring (bicyclic) bond motifs is 1. The molecule has 28 heavy (non-hydrogen) atoms. The zero-order valence-electron chi connectivity index (χ0n) is 16.4. The number of hydrogen-bond donors (Lipinski definition) is 2. The Hall–Kier alpha value is -2.17. The Bertz CT molecular complexity index is 773. The van der Waals surface area contributed by atoms with Gasteiger partial charge in [0, 0.05) is 31.6 Å². The molecule has 3 rings (SSSR count). The third-order valence-electron chi connectivity index (χ3n) is 4.27. The van der Waals surface area contributed by atoms with E-state index in [9.17, 15) is 0 Å². The first-order valence-corrected chi connectivity index (χ1v) is 9.18. The molecular weight excluding hydrogens is 475 g/mol. The molecule has 2 heterocycles. The Labute approximate surface area is 182 Å². The van der Waals surface area contributed by atoms with Crippen LogP contribution in [0.3, 0.4) is 0 Å². The van der Waals surface area contributed by atoms with Crippen LogP contribution < -0.4 is 24.8 Å². The van der Waals surface area contributed by atoms with Gasteiger partial charge in [0.15, 0.2) is 17.5 Å². The van der Waals surface area contributed by atoms with E-state index in [1.54, 1.807) is 7.05 Å². The summed E-state index contributed by atoms with van der Waals surface area (Å²) in [4.78, 5) is 4.24. The van der Waals surface area contributed by atoms with Gasteiger partial charge in [-0.2, -0.15) is 0 Å². The summed E-state index contributed by atoms with van der Waals surface area (Å²) in [6.45, 7) is 6.12. The summed E-state index contributed by atoms with van der Waals surface area (Å²) in [5, 5.41) is 10.7. The molecule has 1 aliphatic rings. The van der Waals surface area contributed by atoms with Gasteiger partial charge in [-0.3, -0.25) is 4.99 Å². The average Bonchev–Trinajstić information content (AvgIpc) is 3.33. The number of guanidine groups is 1. The number of hydrogen-bond acceptors (Lipinski definition) is 6. The van der Waals surface area contributed by atoms with E-state index in [2.05, 4.69) is 34.6 Å². The molecule has 1 aromatic heterocycles. The number of ether oxygens (including phenoxy) is 3. The highest BCUT2D eigenvalue weighted by atomic mass is 127. The van der Waals surface area contributed by atoms with Crippen LogP contribution in [0.2, 0.25) is 0 Å². The topological polar surface area (TPSA) is 90.1 Å². The van der Waals surface area contributed by atoms with Gasteiger partial charge in [0.1, 0.15) is 18.1 Å². The highest BCUT2D eigenvalue weighted by molar-refractivity contribution is 14.0. The zero-order valence-corrected chi connectivity index (χ0v) is 18.7. The predicted octanol–water partition coefficient (Wildman–Crippen LogP) is 2.89. The van der Waals surface area contributed by atoms with Gasteiger partial charge in [-0.1, -0.05) is 19.0 Å². The normalized spacial score (nSPS) is 12.5. The number of nitrogens with one attached hydrogen (secondary N) is 2. The largest absolute Gasteiger partial charge is 0.492 e. The van der Waals surface area contributed by atoms with Crippen molar-refractivity contribution in [2.24, 2.45) is 4.99 Å². The lowest BCUT2D eigenvalue weighted by atomic mass is 10.1. The van der Waals surface area contributed by atoms with Crippen LogP contribution in [0.5, 0.6) is 17.2 Å². The summed E-state index contributed by atoms with van der Waals surface area (Å²) in [5.41, 5.74) is 2.10. The number of nitrogens with zero attached hydrogens (tertiary/aromatic N) is 2. The lowest BCUT2D eigenvalue weighted by Crippen LogP contribution is -2.39. The minimum atomic E-state index is 0. The molecule has 1 aromatic carbocycles. The van der Waals surface area contributed by atoms with Gasteiger partial charge in [0.25, 0.3) is 0 Å². The second kappa shape index (κ2) is 11.0. The number of aliphatic imine (C=N–C) groups is 1. The van der Waals surface area contributed by atoms with E-state index in [4.69, 9.17) is 18.7 Å². The fourth-order valence-corrected chi connectivity index (χ4v) is 2.84. The van der Waals surface area contributed by atoms with Gasteiger partial charge < -0.3 is 29.4 Å². The molecule has 154 valence electrons. The van der Waals surface area contributed by atoms with Crippen LogP contribution in [0, 0.1) is 0 Å². The van der Waals surface area contributed by atoms with Gasteiger partial charge in [0.2, 0.25) is 6.79 Å². The fraction of sp³-hybridized carbons (Fsp3) is 0.474. The molecule has 9 heteroatoms. The highest BCUT2D eigenvalue weighted by Gasteiger charge is 2.14. The Balaban J connectivity index is 0.00000280. The first-order chi connectivity index (χ1) is 13.2. The van der Waals surface area contributed by atoms with Gasteiger partial charge >= 0.3 is 0 Å². The van der Waals surface area contributed by atoms with E-state index in [0.29, 0.717) is 31.4 Å². The van der Waals surface area contributed by atoms with Crippen molar-refractivity contribution in [3.05, 3.63) is 35.2 Å². The number of halogens is 1. The summed E-state index contributed by atoms with van der Waals surface area (Å²) in [7, 11) is 1.74. The minimum Gasteiger partial charge on any atom is -0.492 e. The SMILES string of the molecule is CCc1noc(CC)c1CNC(=NC)NCCOc1ccc2c(c1)OCO2.I. The molecule has 0 aliphatic carbocycles. The van der Waals surface area contributed by atoms with Crippen molar-refractivity contribution in [1.29, 1.82) is 0 Å². The molecule has 0 amide bonds. The molecule has 0 saturated carbocycles. The van der Waals surface area contributed by atoms with Crippen molar-refractivity contribution >= 4 is 29.9 Å². The first kappa shape index (κ1) is 22.1. The van der Waals surface area contributed by atoms with Crippen LogP contribution in [0.25, 0.3) is 0 Å². The molecule has 2 aromatic rings. The number of aromatic nitrogens is 1. The molecule has 0 spiro atoms. The molecule has 2 N–H and O–H groups in total. The Morgan fingerprint density at radius 3 is 2.75 bits per heavy atom. The molecule has 0 bridgehead atoms.